The van der Waals surface area contributed by atoms with E-state index >= 15 is 0 Å². The van der Waals surface area contributed by atoms with Gasteiger partial charge >= 0.3 is 0 Å². The molecule has 3 N–H and O–H groups in total. The van der Waals surface area contributed by atoms with Crippen LogP contribution in [0.3, 0.4) is 0 Å². The first-order chi connectivity index (χ1) is 10.6. The van der Waals surface area contributed by atoms with Crippen molar-refractivity contribution in [1.82, 2.24) is 10.6 Å². The third-order valence-corrected chi connectivity index (χ3v) is 3.64. The van der Waals surface area contributed by atoms with E-state index in [2.05, 4.69) is 22.9 Å². The molecule has 6 nitrogen and oxygen atoms in total. The summed E-state index contributed by atoms with van der Waals surface area (Å²) in [6, 6.07) is 7.26. The van der Waals surface area contributed by atoms with E-state index in [-0.39, 0.29) is 36.9 Å². The molecule has 1 heterocycles. The molecule has 1 aliphatic rings. The monoisotopic (exact) mass is 341 g/mol. The smallest absolute Gasteiger partial charge is 0.243 e. The standard InChI is InChI=1S/C16H23N3O3.ClH/c1-3-12-5-4-6-13(9-12)19-14(20)10-18-16(21)15-11(2)22-8-7-17-15;/h4-6,9,11,15,17H,3,7-8,10H2,1-2H3,(H,18,21)(H,19,20);1H/t11-,15+;/m1./s1. The zero-order valence-corrected chi connectivity index (χ0v) is 14.2. The first kappa shape index (κ1) is 19.4. The first-order valence-electron chi connectivity index (χ1n) is 7.61. The number of hydrogen-bond acceptors (Lipinski definition) is 4. The lowest BCUT2D eigenvalue weighted by atomic mass is 10.1. The number of rotatable bonds is 5. The number of anilines is 1. The molecule has 0 unspecified atom stereocenters. The second kappa shape index (κ2) is 9.50. The molecular weight excluding hydrogens is 318 g/mol. The summed E-state index contributed by atoms with van der Waals surface area (Å²) in [5.41, 5.74) is 1.89. The fourth-order valence-corrected chi connectivity index (χ4v) is 2.38. The molecule has 0 saturated carbocycles. The Morgan fingerprint density at radius 3 is 2.87 bits per heavy atom. The maximum absolute atomic E-state index is 12.0. The SMILES string of the molecule is CCc1cccc(NC(=O)CNC(=O)[C@H]2NCCO[C@@H]2C)c1.Cl. The lowest BCUT2D eigenvalue weighted by Gasteiger charge is -2.29. The molecule has 7 heteroatoms. The average molecular weight is 342 g/mol. The van der Waals surface area contributed by atoms with Crippen molar-refractivity contribution in [2.45, 2.75) is 32.4 Å². The van der Waals surface area contributed by atoms with Crippen molar-refractivity contribution < 1.29 is 14.3 Å². The molecule has 0 aromatic heterocycles. The molecule has 0 spiro atoms. The molecule has 1 saturated heterocycles. The number of amides is 2. The molecule has 0 aliphatic carbocycles. The molecule has 0 bridgehead atoms. The Bertz CT molecular complexity index is 539. The summed E-state index contributed by atoms with van der Waals surface area (Å²) in [6.45, 7) is 5.08. The molecule has 1 fully saturated rings. The van der Waals surface area contributed by atoms with Crippen molar-refractivity contribution in [3.05, 3.63) is 29.8 Å². The molecule has 1 aromatic rings. The van der Waals surface area contributed by atoms with E-state index in [0.29, 0.717) is 13.2 Å². The predicted octanol–water partition coefficient (Wildman–Crippen LogP) is 1.10. The summed E-state index contributed by atoms with van der Waals surface area (Å²) in [4.78, 5) is 23.9. The highest BCUT2D eigenvalue weighted by Gasteiger charge is 2.28. The Morgan fingerprint density at radius 2 is 2.17 bits per heavy atom. The van der Waals surface area contributed by atoms with E-state index in [1.165, 1.54) is 0 Å². The van der Waals surface area contributed by atoms with Crippen molar-refractivity contribution in [2.24, 2.45) is 0 Å². The lowest BCUT2D eigenvalue weighted by Crippen LogP contribution is -2.56. The zero-order valence-electron chi connectivity index (χ0n) is 13.4. The minimum Gasteiger partial charge on any atom is -0.375 e. The average Bonchev–Trinajstić information content (AvgIpc) is 2.53. The summed E-state index contributed by atoms with van der Waals surface area (Å²) in [6.07, 6.45) is 0.712. The van der Waals surface area contributed by atoms with Crippen LogP contribution in [0.2, 0.25) is 0 Å². The molecule has 23 heavy (non-hydrogen) atoms. The minimum absolute atomic E-state index is 0. The van der Waals surface area contributed by atoms with Crippen LogP contribution in [-0.4, -0.2) is 43.7 Å². The summed E-state index contributed by atoms with van der Waals surface area (Å²) in [5.74, 6) is -0.462. The van der Waals surface area contributed by atoms with Crippen molar-refractivity contribution in [3.63, 3.8) is 0 Å². The van der Waals surface area contributed by atoms with E-state index in [1.807, 2.05) is 31.2 Å². The Kier molecular flexibility index (Phi) is 8.02. The Morgan fingerprint density at radius 1 is 1.39 bits per heavy atom. The van der Waals surface area contributed by atoms with Gasteiger partial charge in [-0.05, 0) is 31.0 Å². The predicted molar refractivity (Wildman–Crippen MR) is 91.9 cm³/mol. The van der Waals surface area contributed by atoms with Gasteiger partial charge in [-0.1, -0.05) is 19.1 Å². The van der Waals surface area contributed by atoms with Crippen molar-refractivity contribution in [2.75, 3.05) is 25.0 Å². The van der Waals surface area contributed by atoms with Gasteiger partial charge in [0.25, 0.3) is 0 Å². The highest BCUT2D eigenvalue weighted by molar-refractivity contribution is 5.95. The molecule has 0 radical (unpaired) electrons. The van der Waals surface area contributed by atoms with Gasteiger partial charge in [0.05, 0.1) is 19.3 Å². The first-order valence-corrected chi connectivity index (χ1v) is 7.61. The largest absolute Gasteiger partial charge is 0.375 e. The number of carbonyl (C=O) groups excluding carboxylic acids is 2. The molecular formula is C16H24ClN3O3. The third-order valence-electron chi connectivity index (χ3n) is 3.64. The fraction of sp³-hybridized carbons (Fsp3) is 0.500. The Balaban J connectivity index is 0.00000264. The highest BCUT2D eigenvalue weighted by Crippen LogP contribution is 2.10. The van der Waals surface area contributed by atoms with Gasteiger partial charge in [0.1, 0.15) is 6.04 Å². The van der Waals surface area contributed by atoms with E-state index in [1.54, 1.807) is 0 Å². The van der Waals surface area contributed by atoms with Crippen LogP contribution in [-0.2, 0) is 20.7 Å². The summed E-state index contributed by atoms with van der Waals surface area (Å²) < 4.78 is 5.42. The van der Waals surface area contributed by atoms with Gasteiger partial charge in [0.15, 0.2) is 0 Å². The van der Waals surface area contributed by atoms with Crippen LogP contribution in [0.1, 0.15) is 19.4 Å². The Hall–Kier alpha value is -1.63. The minimum atomic E-state index is -0.412. The molecule has 2 amide bonds. The van der Waals surface area contributed by atoms with Gasteiger partial charge in [-0.2, -0.15) is 0 Å². The van der Waals surface area contributed by atoms with E-state index < -0.39 is 6.04 Å². The second-order valence-corrected chi connectivity index (χ2v) is 5.33. The number of carbonyl (C=O) groups is 2. The number of benzene rings is 1. The molecule has 2 rings (SSSR count). The number of morpholine rings is 1. The van der Waals surface area contributed by atoms with Gasteiger partial charge in [-0.25, -0.2) is 0 Å². The molecule has 128 valence electrons. The van der Waals surface area contributed by atoms with Crippen LogP contribution in [0.5, 0.6) is 0 Å². The fourth-order valence-electron chi connectivity index (χ4n) is 2.38. The van der Waals surface area contributed by atoms with Crippen LogP contribution < -0.4 is 16.0 Å². The van der Waals surface area contributed by atoms with E-state index in [4.69, 9.17) is 4.74 Å². The van der Waals surface area contributed by atoms with Gasteiger partial charge in [0.2, 0.25) is 11.8 Å². The normalized spacial score (nSPS) is 20.3. The van der Waals surface area contributed by atoms with Gasteiger partial charge in [0, 0.05) is 12.2 Å². The second-order valence-electron chi connectivity index (χ2n) is 5.33. The van der Waals surface area contributed by atoms with Gasteiger partial charge < -0.3 is 20.7 Å². The van der Waals surface area contributed by atoms with Crippen LogP contribution >= 0.6 is 12.4 Å². The third kappa shape index (κ3) is 5.82. The highest BCUT2D eigenvalue weighted by atomic mass is 35.5. The van der Waals surface area contributed by atoms with E-state index in [0.717, 1.165) is 17.7 Å². The van der Waals surface area contributed by atoms with Crippen LogP contribution in [0.4, 0.5) is 5.69 Å². The number of halogens is 1. The van der Waals surface area contributed by atoms with Gasteiger partial charge in [-0.3, -0.25) is 9.59 Å². The number of hydrogen-bond donors (Lipinski definition) is 3. The van der Waals surface area contributed by atoms with E-state index in [9.17, 15) is 9.59 Å². The molecule has 1 aliphatic heterocycles. The quantitative estimate of drug-likeness (QED) is 0.749. The maximum Gasteiger partial charge on any atom is 0.243 e. The van der Waals surface area contributed by atoms with Crippen molar-refractivity contribution in [1.29, 1.82) is 0 Å². The maximum atomic E-state index is 12.0. The van der Waals surface area contributed by atoms with Crippen LogP contribution in [0, 0.1) is 0 Å². The van der Waals surface area contributed by atoms with Crippen LogP contribution in [0.15, 0.2) is 24.3 Å². The number of aryl methyl sites for hydroxylation is 1. The molecule has 2 atom stereocenters. The Labute approximate surface area is 142 Å². The molecule has 1 aromatic carbocycles. The van der Waals surface area contributed by atoms with Crippen molar-refractivity contribution in [3.8, 4) is 0 Å². The topological polar surface area (TPSA) is 79.5 Å². The number of nitrogens with one attached hydrogen (secondary N) is 3. The zero-order chi connectivity index (χ0) is 15.9. The van der Waals surface area contributed by atoms with Gasteiger partial charge in [-0.15, -0.1) is 12.4 Å². The summed E-state index contributed by atoms with van der Waals surface area (Å²) in [7, 11) is 0. The number of ether oxygens (including phenoxy) is 1. The lowest BCUT2D eigenvalue weighted by molar-refractivity contribution is -0.130. The van der Waals surface area contributed by atoms with Crippen molar-refractivity contribution >= 4 is 29.9 Å². The summed E-state index contributed by atoms with van der Waals surface area (Å²) >= 11 is 0. The van der Waals surface area contributed by atoms with Crippen LogP contribution in [0.25, 0.3) is 0 Å². The summed E-state index contributed by atoms with van der Waals surface area (Å²) in [5, 5.41) is 8.51.